The number of hydrogen-bond donors (Lipinski definition) is 0. The molecule has 2 aromatic rings. The summed E-state index contributed by atoms with van der Waals surface area (Å²) in [5.41, 5.74) is 2.54. The first-order chi connectivity index (χ1) is 11.2. The predicted molar refractivity (Wildman–Crippen MR) is 94.8 cm³/mol. The van der Waals surface area contributed by atoms with Gasteiger partial charge in [-0.2, -0.15) is 0 Å². The number of carbonyl (C=O) groups excluding carboxylic acids is 1. The van der Waals surface area contributed by atoms with Gasteiger partial charge in [0, 0.05) is 5.75 Å². The van der Waals surface area contributed by atoms with Crippen LogP contribution in [0.15, 0.2) is 54.6 Å². The Kier molecular flexibility index (Phi) is 5.23. The Bertz CT molecular complexity index is 653. The van der Waals surface area contributed by atoms with Gasteiger partial charge in [-0.3, -0.25) is 4.79 Å². The smallest absolute Gasteiger partial charge is 0.232 e. The highest BCUT2D eigenvalue weighted by atomic mass is 32.2. The van der Waals surface area contributed by atoms with Crippen LogP contribution >= 0.6 is 11.8 Å². The van der Waals surface area contributed by atoms with Crippen molar-refractivity contribution in [3.8, 4) is 5.75 Å². The third-order valence-electron chi connectivity index (χ3n) is 3.82. The van der Waals surface area contributed by atoms with Gasteiger partial charge in [0.2, 0.25) is 5.91 Å². The quantitative estimate of drug-likeness (QED) is 0.813. The van der Waals surface area contributed by atoms with E-state index in [9.17, 15) is 4.79 Å². The lowest BCUT2D eigenvalue weighted by Crippen LogP contribution is -2.56. The summed E-state index contributed by atoms with van der Waals surface area (Å²) in [6.07, 6.45) is 0.128. The fourth-order valence-corrected chi connectivity index (χ4v) is 3.43. The minimum atomic E-state index is 0.128. The molecule has 1 heterocycles. The molecular formula is C19H21NO2S. The second-order valence-electron chi connectivity index (χ2n) is 5.83. The van der Waals surface area contributed by atoms with Crippen molar-refractivity contribution in [1.29, 1.82) is 0 Å². The van der Waals surface area contributed by atoms with Crippen molar-refractivity contribution in [1.82, 2.24) is 4.90 Å². The first-order valence-electron chi connectivity index (χ1n) is 7.83. The Morgan fingerprint density at radius 1 is 1.17 bits per heavy atom. The van der Waals surface area contributed by atoms with E-state index >= 15 is 0 Å². The molecule has 0 spiro atoms. The van der Waals surface area contributed by atoms with Crippen LogP contribution in [-0.4, -0.2) is 35.8 Å². The van der Waals surface area contributed by atoms with Gasteiger partial charge in [0.15, 0.2) is 0 Å². The Labute approximate surface area is 141 Å². The van der Waals surface area contributed by atoms with Gasteiger partial charge in [-0.15, -0.1) is 11.8 Å². The van der Waals surface area contributed by atoms with Gasteiger partial charge in [0.1, 0.15) is 11.9 Å². The number of nitrogens with zero attached hydrogens (tertiary/aromatic N) is 1. The van der Waals surface area contributed by atoms with Crippen molar-refractivity contribution in [2.45, 2.75) is 18.8 Å². The normalized spacial score (nSPS) is 14.4. The average Bonchev–Trinajstić information content (AvgIpc) is 2.51. The molecule has 0 aliphatic carbocycles. The van der Waals surface area contributed by atoms with Crippen LogP contribution in [0, 0.1) is 6.92 Å². The highest BCUT2D eigenvalue weighted by Crippen LogP contribution is 2.20. The number of likely N-dealkylation sites (tertiary alicyclic amines) is 1. The Morgan fingerprint density at radius 2 is 1.96 bits per heavy atom. The van der Waals surface area contributed by atoms with E-state index in [4.69, 9.17) is 4.74 Å². The minimum Gasteiger partial charge on any atom is -0.487 e. The molecule has 3 nitrogen and oxygen atoms in total. The van der Waals surface area contributed by atoms with E-state index in [1.54, 1.807) is 11.8 Å². The third kappa shape index (κ3) is 4.52. The maximum absolute atomic E-state index is 12.1. The van der Waals surface area contributed by atoms with Gasteiger partial charge >= 0.3 is 0 Å². The molecule has 1 amide bonds. The first kappa shape index (κ1) is 15.9. The second kappa shape index (κ2) is 7.55. The van der Waals surface area contributed by atoms with Gasteiger partial charge in [0.05, 0.1) is 18.8 Å². The van der Waals surface area contributed by atoms with Gasteiger partial charge in [-0.1, -0.05) is 48.0 Å². The molecular weight excluding hydrogens is 306 g/mol. The topological polar surface area (TPSA) is 29.5 Å². The van der Waals surface area contributed by atoms with E-state index in [1.807, 2.05) is 35.2 Å². The van der Waals surface area contributed by atoms with Gasteiger partial charge in [0.25, 0.3) is 0 Å². The van der Waals surface area contributed by atoms with Crippen LogP contribution < -0.4 is 4.74 Å². The lowest BCUT2D eigenvalue weighted by molar-refractivity contribution is -0.136. The summed E-state index contributed by atoms with van der Waals surface area (Å²) < 4.78 is 5.82. The number of hydrogen-bond acceptors (Lipinski definition) is 3. The highest BCUT2D eigenvalue weighted by molar-refractivity contribution is 7.99. The van der Waals surface area contributed by atoms with E-state index < -0.39 is 0 Å². The zero-order valence-corrected chi connectivity index (χ0v) is 14.1. The van der Waals surface area contributed by atoms with Gasteiger partial charge in [-0.25, -0.2) is 0 Å². The van der Waals surface area contributed by atoms with Crippen molar-refractivity contribution >= 4 is 17.7 Å². The minimum absolute atomic E-state index is 0.128. The molecule has 0 saturated carbocycles. The van der Waals surface area contributed by atoms with Crippen LogP contribution in [0.1, 0.15) is 11.1 Å². The van der Waals surface area contributed by atoms with Crippen molar-refractivity contribution < 1.29 is 9.53 Å². The van der Waals surface area contributed by atoms with Crippen LogP contribution in [0.5, 0.6) is 5.75 Å². The van der Waals surface area contributed by atoms with Gasteiger partial charge in [-0.05, 0) is 24.6 Å². The summed E-state index contributed by atoms with van der Waals surface area (Å²) in [5.74, 6) is 2.49. The number of ether oxygens (including phenoxy) is 1. The van der Waals surface area contributed by atoms with E-state index in [0.29, 0.717) is 18.8 Å². The van der Waals surface area contributed by atoms with E-state index in [-0.39, 0.29) is 12.0 Å². The molecule has 23 heavy (non-hydrogen) atoms. The number of benzene rings is 2. The maximum Gasteiger partial charge on any atom is 0.232 e. The monoisotopic (exact) mass is 327 g/mol. The fourth-order valence-electron chi connectivity index (χ4n) is 2.56. The summed E-state index contributed by atoms with van der Waals surface area (Å²) in [6.45, 7) is 3.48. The molecule has 0 N–H and O–H groups in total. The number of thioether (sulfide) groups is 1. The van der Waals surface area contributed by atoms with Crippen LogP contribution in [0.4, 0.5) is 0 Å². The summed E-state index contributed by atoms with van der Waals surface area (Å²) in [6, 6.07) is 18.2. The molecule has 1 fully saturated rings. The molecule has 4 heteroatoms. The number of rotatable bonds is 6. The molecule has 1 aliphatic rings. The van der Waals surface area contributed by atoms with Crippen LogP contribution in [0.2, 0.25) is 0 Å². The fraction of sp³-hybridized carbons (Fsp3) is 0.316. The zero-order chi connectivity index (χ0) is 16.1. The lowest BCUT2D eigenvalue weighted by Gasteiger charge is -2.39. The van der Waals surface area contributed by atoms with Crippen molar-refractivity contribution in [3.63, 3.8) is 0 Å². The second-order valence-corrected chi connectivity index (χ2v) is 6.82. The number of aryl methyl sites for hydroxylation is 1. The molecule has 0 bridgehead atoms. The molecule has 0 aromatic heterocycles. The Hall–Kier alpha value is -1.94. The first-order valence-corrected chi connectivity index (χ1v) is 8.99. The Morgan fingerprint density at radius 3 is 2.70 bits per heavy atom. The highest BCUT2D eigenvalue weighted by Gasteiger charge is 2.31. The van der Waals surface area contributed by atoms with E-state index in [1.165, 1.54) is 11.1 Å². The molecule has 0 unspecified atom stereocenters. The molecule has 0 radical (unpaired) electrons. The van der Waals surface area contributed by atoms with Crippen LogP contribution in [0.25, 0.3) is 0 Å². The van der Waals surface area contributed by atoms with Crippen LogP contribution in [-0.2, 0) is 10.5 Å². The molecule has 0 atom stereocenters. The lowest BCUT2D eigenvalue weighted by atomic mass is 10.1. The van der Waals surface area contributed by atoms with Crippen LogP contribution in [0.3, 0.4) is 0 Å². The molecule has 120 valence electrons. The van der Waals surface area contributed by atoms with Crippen molar-refractivity contribution in [2.24, 2.45) is 0 Å². The molecule has 2 aromatic carbocycles. The number of carbonyl (C=O) groups is 1. The summed E-state index contributed by atoms with van der Waals surface area (Å²) in [4.78, 5) is 14.0. The largest absolute Gasteiger partial charge is 0.487 e. The predicted octanol–water partition coefficient (Wildman–Crippen LogP) is 3.52. The number of para-hydroxylation sites is 1. The van der Waals surface area contributed by atoms with Crippen molar-refractivity contribution in [3.05, 3.63) is 65.7 Å². The standard InChI is InChI=1S/C19H21NO2S/c1-15-6-5-7-16(10-15)13-23-14-19(21)20-11-18(12-20)22-17-8-3-2-4-9-17/h2-10,18H,11-14H2,1H3. The maximum atomic E-state index is 12.1. The summed E-state index contributed by atoms with van der Waals surface area (Å²) in [5, 5.41) is 0. The number of amides is 1. The third-order valence-corrected chi connectivity index (χ3v) is 4.81. The van der Waals surface area contributed by atoms with E-state index in [0.717, 1.165) is 11.5 Å². The molecule has 3 rings (SSSR count). The SMILES string of the molecule is Cc1cccc(CSCC(=O)N2CC(Oc3ccccc3)C2)c1. The molecule has 1 saturated heterocycles. The summed E-state index contributed by atoms with van der Waals surface area (Å²) in [7, 11) is 0. The zero-order valence-electron chi connectivity index (χ0n) is 13.3. The molecule has 1 aliphatic heterocycles. The average molecular weight is 327 g/mol. The van der Waals surface area contributed by atoms with Gasteiger partial charge < -0.3 is 9.64 Å². The summed E-state index contributed by atoms with van der Waals surface area (Å²) >= 11 is 1.67. The van der Waals surface area contributed by atoms with Crippen molar-refractivity contribution in [2.75, 3.05) is 18.8 Å². The Balaban J connectivity index is 1.36. The van der Waals surface area contributed by atoms with E-state index in [2.05, 4.69) is 31.2 Å².